The van der Waals surface area contributed by atoms with Crippen LogP contribution in [0.2, 0.25) is 0 Å². The number of hydrogen-bond acceptors (Lipinski definition) is 2. The Morgan fingerprint density at radius 2 is 1.69 bits per heavy atom. The van der Waals surface area contributed by atoms with Gasteiger partial charge in [-0.3, -0.25) is 4.79 Å². The first-order valence-corrected chi connectivity index (χ1v) is 6.64. The van der Waals surface area contributed by atoms with Crippen LogP contribution in [0.15, 0.2) is 0 Å². The van der Waals surface area contributed by atoms with Crippen LogP contribution in [0.25, 0.3) is 0 Å². The number of aliphatic carboxylic acids is 1. The van der Waals surface area contributed by atoms with Crippen LogP contribution in [0.5, 0.6) is 0 Å². The average molecular weight is 225 g/mol. The first-order valence-electron chi connectivity index (χ1n) is 6.64. The van der Waals surface area contributed by atoms with E-state index in [9.17, 15) is 4.79 Å². The number of nitrogens with one attached hydrogen (secondary N) is 1. The summed E-state index contributed by atoms with van der Waals surface area (Å²) < 4.78 is 0. The van der Waals surface area contributed by atoms with E-state index < -0.39 is 5.97 Å². The lowest BCUT2D eigenvalue weighted by atomic mass is 9.86. The van der Waals surface area contributed by atoms with E-state index in [-0.39, 0.29) is 5.92 Å². The zero-order chi connectivity index (χ0) is 11.5. The van der Waals surface area contributed by atoms with E-state index in [1.807, 2.05) is 0 Å². The smallest absolute Gasteiger partial charge is 0.306 e. The SMILES string of the molecule is CC1CCC(NC2CCC(C(=O)O)CC2)C1. The van der Waals surface area contributed by atoms with Gasteiger partial charge in [0.05, 0.1) is 5.92 Å². The molecule has 2 rings (SSSR count). The third kappa shape index (κ3) is 2.97. The van der Waals surface area contributed by atoms with Gasteiger partial charge in [0.25, 0.3) is 0 Å². The molecular formula is C13H23NO2. The van der Waals surface area contributed by atoms with Crippen molar-refractivity contribution < 1.29 is 9.90 Å². The number of carbonyl (C=O) groups is 1. The third-order valence-corrected chi connectivity index (χ3v) is 4.24. The van der Waals surface area contributed by atoms with Crippen LogP contribution in [0.1, 0.15) is 51.9 Å². The van der Waals surface area contributed by atoms with Crippen LogP contribution in [-0.4, -0.2) is 23.2 Å². The Morgan fingerprint density at radius 1 is 1.06 bits per heavy atom. The van der Waals surface area contributed by atoms with Crippen molar-refractivity contribution in [2.45, 2.75) is 64.0 Å². The summed E-state index contributed by atoms with van der Waals surface area (Å²) in [6, 6.07) is 1.27. The lowest BCUT2D eigenvalue weighted by molar-refractivity contribution is -0.142. The lowest BCUT2D eigenvalue weighted by Crippen LogP contribution is -2.40. The fourth-order valence-electron chi connectivity index (χ4n) is 3.20. The molecule has 0 bridgehead atoms. The highest BCUT2D eigenvalue weighted by molar-refractivity contribution is 5.70. The van der Waals surface area contributed by atoms with Crippen LogP contribution in [-0.2, 0) is 4.79 Å². The van der Waals surface area contributed by atoms with Gasteiger partial charge in [0, 0.05) is 12.1 Å². The highest BCUT2D eigenvalue weighted by Gasteiger charge is 2.29. The minimum atomic E-state index is -0.604. The maximum atomic E-state index is 10.8. The second-order valence-corrected chi connectivity index (χ2v) is 5.67. The normalized spacial score (nSPS) is 39.8. The van der Waals surface area contributed by atoms with Crippen molar-refractivity contribution >= 4 is 5.97 Å². The van der Waals surface area contributed by atoms with Gasteiger partial charge >= 0.3 is 5.97 Å². The molecule has 16 heavy (non-hydrogen) atoms. The summed E-state index contributed by atoms with van der Waals surface area (Å²) in [5.41, 5.74) is 0. The highest BCUT2D eigenvalue weighted by atomic mass is 16.4. The molecule has 0 saturated heterocycles. The summed E-state index contributed by atoms with van der Waals surface area (Å²) >= 11 is 0. The summed E-state index contributed by atoms with van der Waals surface area (Å²) in [5.74, 6) is 0.182. The standard InChI is InChI=1S/C13H23NO2/c1-9-2-5-12(8-9)14-11-6-3-10(4-7-11)13(15)16/h9-12,14H,2-8H2,1H3,(H,15,16). The number of hydrogen-bond donors (Lipinski definition) is 2. The number of carboxylic acids is 1. The molecular weight excluding hydrogens is 202 g/mol. The van der Waals surface area contributed by atoms with Gasteiger partial charge < -0.3 is 10.4 Å². The van der Waals surface area contributed by atoms with Crippen LogP contribution < -0.4 is 5.32 Å². The lowest BCUT2D eigenvalue weighted by Gasteiger charge is -2.29. The summed E-state index contributed by atoms with van der Waals surface area (Å²) in [7, 11) is 0. The van der Waals surface area contributed by atoms with Gasteiger partial charge in [0.15, 0.2) is 0 Å². The summed E-state index contributed by atoms with van der Waals surface area (Å²) in [4.78, 5) is 10.8. The van der Waals surface area contributed by atoms with Crippen LogP contribution in [0.4, 0.5) is 0 Å². The molecule has 2 saturated carbocycles. The predicted molar refractivity (Wildman–Crippen MR) is 63.3 cm³/mol. The second kappa shape index (κ2) is 5.17. The molecule has 0 spiro atoms. The summed E-state index contributed by atoms with van der Waals surface area (Å²) in [6.07, 6.45) is 7.76. The molecule has 0 aliphatic heterocycles. The summed E-state index contributed by atoms with van der Waals surface area (Å²) in [6.45, 7) is 2.32. The zero-order valence-corrected chi connectivity index (χ0v) is 10.1. The van der Waals surface area contributed by atoms with Crippen molar-refractivity contribution in [1.82, 2.24) is 5.32 Å². The monoisotopic (exact) mass is 225 g/mol. The molecule has 0 amide bonds. The molecule has 3 nitrogen and oxygen atoms in total. The fraction of sp³-hybridized carbons (Fsp3) is 0.923. The Balaban J connectivity index is 1.71. The maximum absolute atomic E-state index is 10.8. The van der Waals surface area contributed by atoms with Gasteiger partial charge in [0.1, 0.15) is 0 Å². The Labute approximate surface area is 97.6 Å². The van der Waals surface area contributed by atoms with E-state index in [0.717, 1.165) is 31.6 Å². The van der Waals surface area contributed by atoms with E-state index >= 15 is 0 Å². The Morgan fingerprint density at radius 3 is 2.19 bits per heavy atom. The van der Waals surface area contributed by atoms with Gasteiger partial charge in [0.2, 0.25) is 0 Å². The van der Waals surface area contributed by atoms with Gasteiger partial charge in [-0.15, -0.1) is 0 Å². The molecule has 0 heterocycles. The van der Waals surface area contributed by atoms with E-state index in [1.165, 1.54) is 19.3 Å². The van der Waals surface area contributed by atoms with Crippen molar-refractivity contribution in [2.75, 3.05) is 0 Å². The van der Waals surface area contributed by atoms with Gasteiger partial charge in [-0.25, -0.2) is 0 Å². The van der Waals surface area contributed by atoms with Gasteiger partial charge in [-0.05, 0) is 50.9 Å². The largest absolute Gasteiger partial charge is 0.481 e. The van der Waals surface area contributed by atoms with Crippen LogP contribution in [0, 0.1) is 11.8 Å². The predicted octanol–water partition coefficient (Wildman–Crippen LogP) is 2.41. The van der Waals surface area contributed by atoms with Crippen molar-refractivity contribution in [2.24, 2.45) is 11.8 Å². The Hall–Kier alpha value is -0.570. The molecule has 2 unspecified atom stereocenters. The van der Waals surface area contributed by atoms with Gasteiger partial charge in [-0.2, -0.15) is 0 Å². The average Bonchev–Trinajstić information content (AvgIpc) is 2.65. The van der Waals surface area contributed by atoms with Crippen molar-refractivity contribution in [3.05, 3.63) is 0 Å². The Bertz CT molecular complexity index is 246. The maximum Gasteiger partial charge on any atom is 0.306 e. The first-order chi connectivity index (χ1) is 7.65. The fourth-order valence-corrected chi connectivity index (χ4v) is 3.20. The number of carboxylic acid groups (broad SMARTS) is 1. The molecule has 2 atom stereocenters. The molecule has 3 heteroatoms. The van der Waals surface area contributed by atoms with Crippen molar-refractivity contribution in [3.63, 3.8) is 0 Å². The van der Waals surface area contributed by atoms with E-state index in [0.29, 0.717) is 12.1 Å². The molecule has 2 aliphatic rings. The molecule has 0 radical (unpaired) electrons. The zero-order valence-electron chi connectivity index (χ0n) is 10.1. The molecule has 2 N–H and O–H groups in total. The molecule has 92 valence electrons. The van der Waals surface area contributed by atoms with Crippen LogP contribution >= 0.6 is 0 Å². The minimum Gasteiger partial charge on any atom is -0.481 e. The first kappa shape index (κ1) is 11.9. The quantitative estimate of drug-likeness (QED) is 0.775. The highest BCUT2D eigenvalue weighted by Crippen LogP contribution is 2.29. The van der Waals surface area contributed by atoms with Crippen molar-refractivity contribution in [3.8, 4) is 0 Å². The van der Waals surface area contributed by atoms with Crippen molar-refractivity contribution in [1.29, 1.82) is 0 Å². The molecule has 0 aromatic heterocycles. The van der Waals surface area contributed by atoms with Crippen LogP contribution in [0.3, 0.4) is 0 Å². The molecule has 2 fully saturated rings. The van der Waals surface area contributed by atoms with E-state index in [4.69, 9.17) is 5.11 Å². The minimum absolute atomic E-state index is 0.0828. The second-order valence-electron chi connectivity index (χ2n) is 5.67. The summed E-state index contributed by atoms with van der Waals surface area (Å²) in [5, 5.41) is 12.6. The third-order valence-electron chi connectivity index (χ3n) is 4.24. The molecule has 0 aromatic carbocycles. The van der Waals surface area contributed by atoms with E-state index in [2.05, 4.69) is 12.2 Å². The Kier molecular flexibility index (Phi) is 3.85. The molecule has 0 aromatic rings. The topological polar surface area (TPSA) is 49.3 Å². The van der Waals surface area contributed by atoms with E-state index in [1.54, 1.807) is 0 Å². The number of rotatable bonds is 3. The van der Waals surface area contributed by atoms with Gasteiger partial charge in [-0.1, -0.05) is 6.92 Å². The molecule has 2 aliphatic carbocycles.